The van der Waals surface area contributed by atoms with Gasteiger partial charge in [0.05, 0.1) is 33.4 Å². The van der Waals surface area contributed by atoms with Crippen molar-refractivity contribution in [3.8, 4) is 16.8 Å². The average molecular weight is 401 g/mol. The first-order valence-corrected chi connectivity index (χ1v) is 9.04. The molecule has 0 saturated heterocycles. The van der Waals surface area contributed by atoms with Gasteiger partial charge in [-0.2, -0.15) is 5.10 Å². The predicted octanol–water partition coefficient (Wildman–Crippen LogP) is 4.31. The Morgan fingerprint density at radius 1 is 1.25 bits per heavy atom. The highest BCUT2D eigenvalue weighted by Gasteiger charge is 2.25. The van der Waals surface area contributed by atoms with Crippen molar-refractivity contribution in [2.45, 2.75) is 20.8 Å². The van der Waals surface area contributed by atoms with Gasteiger partial charge in [-0.1, -0.05) is 28.4 Å². The Labute approximate surface area is 166 Å². The number of carbonyl (C=O) groups is 1. The van der Waals surface area contributed by atoms with Crippen molar-refractivity contribution in [3.63, 3.8) is 0 Å². The van der Waals surface area contributed by atoms with Crippen molar-refractivity contribution in [3.05, 3.63) is 74.6 Å². The minimum absolute atomic E-state index is 0.0279. The van der Waals surface area contributed by atoms with Crippen LogP contribution in [0.5, 0.6) is 0 Å². The van der Waals surface area contributed by atoms with Crippen molar-refractivity contribution in [2.24, 2.45) is 0 Å². The standard InChI is InChI=1S/C20H18ClN3O4/c1-4-28-20(25)17-11-15(8-9-18(17)21)23-13(3)19(12(2)22-23)14-6-5-7-16(10-14)24(26)27/h5-11H,4H2,1-3H3/p+1. The molecule has 0 unspecified atom stereocenters. The monoisotopic (exact) mass is 400 g/mol. The molecule has 144 valence electrons. The summed E-state index contributed by atoms with van der Waals surface area (Å²) < 4.78 is 6.87. The molecule has 0 radical (unpaired) electrons. The number of aromatic nitrogens is 2. The molecule has 1 heterocycles. The van der Waals surface area contributed by atoms with Crippen LogP contribution >= 0.6 is 11.6 Å². The molecule has 3 aromatic rings. The van der Waals surface area contributed by atoms with E-state index in [9.17, 15) is 14.9 Å². The van der Waals surface area contributed by atoms with Crippen LogP contribution in [0.4, 0.5) is 5.69 Å². The number of nitrogens with zero attached hydrogens (tertiary/aromatic N) is 2. The molecule has 0 aliphatic carbocycles. The number of hydrogen-bond acceptors (Lipinski definition) is 4. The fourth-order valence-electron chi connectivity index (χ4n) is 3.17. The van der Waals surface area contributed by atoms with E-state index >= 15 is 0 Å². The van der Waals surface area contributed by atoms with Gasteiger partial charge in [0.25, 0.3) is 5.69 Å². The first-order valence-electron chi connectivity index (χ1n) is 8.66. The molecule has 1 N–H and O–H groups in total. The van der Waals surface area contributed by atoms with E-state index in [-0.39, 0.29) is 17.9 Å². The van der Waals surface area contributed by atoms with E-state index in [1.54, 1.807) is 37.3 Å². The summed E-state index contributed by atoms with van der Waals surface area (Å²) in [5.74, 6) is -0.491. The molecule has 0 spiro atoms. The lowest BCUT2D eigenvalue weighted by molar-refractivity contribution is -0.661. The zero-order valence-corrected chi connectivity index (χ0v) is 16.4. The highest BCUT2D eigenvalue weighted by molar-refractivity contribution is 6.33. The van der Waals surface area contributed by atoms with Crippen molar-refractivity contribution in [1.29, 1.82) is 0 Å². The molecule has 1 aromatic heterocycles. The van der Waals surface area contributed by atoms with Crippen LogP contribution in [0.3, 0.4) is 0 Å². The Morgan fingerprint density at radius 3 is 2.68 bits per heavy atom. The first kappa shape index (κ1) is 19.6. The van der Waals surface area contributed by atoms with E-state index in [2.05, 4.69) is 5.10 Å². The Hall–Kier alpha value is -3.19. The van der Waals surface area contributed by atoms with Gasteiger partial charge >= 0.3 is 5.97 Å². The number of carbonyl (C=O) groups excluding carboxylic acids is 1. The normalized spacial score (nSPS) is 10.7. The number of nitro benzene ring substituents is 1. The molecule has 0 aliphatic rings. The first-order chi connectivity index (χ1) is 13.3. The Morgan fingerprint density at radius 2 is 2.00 bits per heavy atom. The molecule has 3 rings (SSSR count). The number of aromatic amines is 1. The molecule has 8 heteroatoms. The van der Waals surface area contributed by atoms with Crippen molar-refractivity contribution in [1.82, 2.24) is 5.10 Å². The second kappa shape index (κ2) is 7.82. The maximum Gasteiger partial charge on any atom is 0.339 e. The number of benzene rings is 2. The fraction of sp³-hybridized carbons (Fsp3) is 0.200. The van der Waals surface area contributed by atoms with E-state index in [1.807, 2.05) is 24.6 Å². The molecule has 0 aliphatic heterocycles. The number of H-pyrrole nitrogens is 1. The lowest BCUT2D eigenvalue weighted by atomic mass is 10.0. The number of aryl methyl sites for hydroxylation is 1. The average Bonchev–Trinajstić information content (AvgIpc) is 2.96. The second-order valence-electron chi connectivity index (χ2n) is 6.22. The highest BCUT2D eigenvalue weighted by Crippen LogP contribution is 2.28. The van der Waals surface area contributed by atoms with Gasteiger partial charge in [0.2, 0.25) is 11.4 Å². The summed E-state index contributed by atoms with van der Waals surface area (Å²) >= 11 is 6.15. The minimum atomic E-state index is -0.491. The number of halogens is 1. The van der Waals surface area contributed by atoms with E-state index < -0.39 is 10.9 Å². The van der Waals surface area contributed by atoms with Crippen LogP contribution in [0, 0.1) is 24.0 Å². The summed E-state index contributed by atoms with van der Waals surface area (Å²) in [6.07, 6.45) is 0. The molecule has 2 aromatic carbocycles. The number of rotatable bonds is 5. The van der Waals surface area contributed by atoms with Gasteiger partial charge < -0.3 is 4.74 Å². The molecular formula is C20H19ClN3O4+. The Kier molecular flexibility index (Phi) is 5.46. The Bertz CT molecular complexity index is 1080. The van der Waals surface area contributed by atoms with Crippen molar-refractivity contribution < 1.29 is 19.1 Å². The summed E-state index contributed by atoms with van der Waals surface area (Å²) in [5.41, 5.74) is 4.28. The lowest BCUT2D eigenvalue weighted by Gasteiger charge is -2.04. The SMILES string of the molecule is CCOC(=O)c1cc(-[n+]2[nH]c(C)c(-c3cccc([N+](=O)[O-])c3)c2C)ccc1Cl. The van der Waals surface area contributed by atoms with Crippen LogP contribution in [0.15, 0.2) is 42.5 Å². The van der Waals surface area contributed by atoms with Gasteiger partial charge in [-0.3, -0.25) is 10.1 Å². The molecular weight excluding hydrogens is 382 g/mol. The minimum Gasteiger partial charge on any atom is -0.462 e. The van der Waals surface area contributed by atoms with Crippen LogP contribution in [0.2, 0.25) is 5.02 Å². The summed E-state index contributed by atoms with van der Waals surface area (Å²) in [6.45, 7) is 5.77. The van der Waals surface area contributed by atoms with E-state index in [0.717, 1.165) is 22.5 Å². The molecule has 0 fully saturated rings. The summed E-state index contributed by atoms with van der Waals surface area (Å²) in [6, 6.07) is 11.6. The summed E-state index contributed by atoms with van der Waals surface area (Å²) in [7, 11) is 0. The number of nitro groups is 1. The third-order valence-corrected chi connectivity index (χ3v) is 4.73. The molecule has 28 heavy (non-hydrogen) atoms. The molecule has 0 saturated carbocycles. The summed E-state index contributed by atoms with van der Waals surface area (Å²) in [4.78, 5) is 22.8. The van der Waals surface area contributed by atoms with Crippen molar-refractivity contribution >= 4 is 23.3 Å². The maximum atomic E-state index is 12.1. The fourth-order valence-corrected chi connectivity index (χ4v) is 3.36. The Balaban J connectivity index is 2.10. The second-order valence-corrected chi connectivity index (χ2v) is 6.63. The van der Waals surface area contributed by atoms with Crippen LogP contribution in [0.1, 0.15) is 28.7 Å². The van der Waals surface area contributed by atoms with Crippen LogP contribution in [-0.2, 0) is 4.74 Å². The zero-order valence-electron chi connectivity index (χ0n) is 15.7. The number of non-ortho nitro benzene ring substituents is 1. The largest absolute Gasteiger partial charge is 0.462 e. The third-order valence-electron chi connectivity index (χ3n) is 4.40. The smallest absolute Gasteiger partial charge is 0.339 e. The third kappa shape index (κ3) is 3.61. The molecule has 0 amide bonds. The quantitative estimate of drug-likeness (QED) is 0.299. The number of ether oxygens (including phenoxy) is 1. The zero-order chi connectivity index (χ0) is 20.4. The van der Waals surface area contributed by atoms with Gasteiger partial charge in [0.1, 0.15) is 0 Å². The highest BCUT2D eigenvalue weighted by atomic mass is 35.5. The lowest BCUT2D eigenvalue weighted by Crippen LogP contribution is -2.35. The van der Waals surface area contributed by atoms with E-state index in [0.29, 0.717) is 10.7 Å². The van der Waals surface area contributed by atoms with Gasteiger partial charge in [-0.25, -0.2) is 4.79 Å². The number of esters is 1. The van der Waals surface area contributed by atoms with Gasteiger partial charge in [0.15, 0.2) is 0 Å². The summed E-state index contributed by atoms with van der Waals surface area (Å²) in [5, 5.41) is 14.7. The maximum absolute atomic E-state index is 12.1. The van der Waals surface area contributed by atoms with Gasteiger partial charge in [-0.05, 0) is 25.5 Å². The predicted molar refractivity (Wildman–Crippen MR) is 105 cm³/mol. The topological polar surface area (TPSA) is 89.1 Å². The number of hydrogen-bond donors (Lipinski definition) is 1. The van der Waals surface area contributed by atoms with Gasteiger partial charge in [-0.15, -0.1) is 0 Å². The van der Waals surface area contributed by atoms with E-state index in [1.165, 1.54) is 6.07 Å². The molecule has 7 nitrogen and oxygen atoms in total. The van der Waals surface area contributed by atoms with Crippen LogP contribution < -0.4 is 4.68 Å². The van der Waals surface area contributed by atoms with Crippen LogP contribution in [-0.4, -0.2) is 22.6 Å². The number of nitrogens with one attached hydrogen (secondary N) is 1. The van der Waals surface area contributed by atoms with E-state index in [4.69, 9.17) is 16.3 Å². The van der Waals surface area contributed by atoms with Crippen molar-refractivity contribution in [2.75, 3.05) is 6.61 Å². The molecule has 0 atom stereocenters. The van der Waals surface area contributed by atoms with Gasteiger partial charge in [0, 0.05) is 31.2 Å². The van der Waals surface area contributed by atoms with Crippen LogP contribution in [0.25, 0.3) is 16.8 Å². The molecule has 0 bridgehead atoms.